The van der Waals surface area contributed by atoms with E-state index in [1.54, 1.807) is 12.1 Å². The van der Waals surface area contributed by atoms with E-state index in [-0.39, 0.29) is 17.1 Å². The molecular formula is C14H12N2O3S2. The highest BCUT2D eigenvalue weighted by Crippen LogP contribution is 2.27. The Morgan fingerprint density at radius 2 is 2.29 bits per heavy atom. The second kappa shape index (κ2) is 5.50. The van der Waals surface area contributed by atoms with Crippen LogP contribution in [0.15, 0.2) is 24.4 Å². The van der Waals surface area contributed by atoms with E-state index in [0.717, 1.165) is 16.5 Å². The van der Waals surface area contributed by atoms with Gasteiger partial charge in [-0.05, 0) is 24.1 Å². The molecule has 21 heavy (non-hydrogen) atoms. The highest BCUT2D eigenvalue weighted by Gasteiger charge is 2.29. The van der Waals surface area contributed by atoms with E-state index in [1.165, 1.54) is 18.9 Å². The van der Waals surface area contributed by atoms with Gasteiger partial charge in [-0.3, -0.25) is 4.79 Å². The quantitative estimate of drug-likeness (QED) is 0.669. The summed E-state index contributed by atoms with van der Waals surface area (Å²) in [6.45, 7) is 0. The second-order valence-electron chi connectivity index (χ2n) is 4.65. The number of ether oxygens (including phenoxy) is 1. The van der Waals surface area contributed by atoms with Gasteiger partial charge in [0.2, 0.25) is 5.91 Å². The minimum atomic E-state index is -0.371. The number of H-pyrrole nitrogens is 1. The minimum Gasteiger partial charge on any atom is -0.465 e. The third kappa shape index (κ3) is 2.66. The summed E-state index contributed by atoms with van der Waals surface area (Å²) in [4.78, 5) is 26.4. The Balaban J connectivity index is 1.89. The van der Waals surface area contributed by atoms with Gasteiger partial charge >= 0.3 is 5.97 Å². The highest BCUT2D eigenvalue weighted by molar-refractivity contribution is 8.24. The van der Waals surface area contributed by atoms with E-state index in [9.17, 15) is 9.59 Å². The van der Waals surface area contributed by atoms with Crippen LogP contribution in [0.2, 0.25) is 0 Å². The molecule has 7 heteroatoms. The number of fused-ring (bicyclic) bond motifs is 1. The summed E-state index contributed by atoms with van der Waals surface area (Å²) in [5.41, 5.74) is 2.37. The van der Waals surface area contributed by atoms with E-state index < -0.39 is 0 Å². The van der Waals surface area contributed by atoms with Crippen molar-refractivity contribution in [3.05, 3.63) is 35.5 Å². The molecule has 5 nitrogen and oxygen atoms in total. The number of aromatic nitrogens is 1. The van der Waals surface area contributed by atoms with Crippen LogP contribution >= 0.6 is 24.0 Å². The summed E-state index contributed by atoms with van der Waals surface area (Å²) in [5.74, 6) is -0.422. The number of thiocarbonyl (C=S) groups is 1. The van der Waals surface area contributed by atoms with Gasteiger partial charge in [0.25, 0.3) is 0 Å². The fraction of sp³-hybridized carbons (Fsp3) is 0.214. The van der Waals surface area contributed by atoms with Gasteiger partial charge in [0.15, 0.2) is 0 Å². The topological polar surface area (TPSA) is 71.2 Å². The van der Waals surface area contributed by atoms with Crippen molar-refractivity contribution in [3.63, 3.8) is 0 Å². The number of methoxy groups -OCH3 is 1. The predicted octanol–water partition coefficient (Wildman–Crippen LogP) is 2.01. The Bertz CT molecular complexity index is 754. The van der Waals surface area contributed by atoms with Crippen molar-refractivity contribution in [2.75, 3.05) is 7.11 Å². The van der Waals surface area contributed by atoms with E-state index in [1.807, 2.05) is 12.3 Å². The smallest absolute Gasteiger partial charge is 0.337 e. The van der Waals surface area contributed by atoms with Gasteiger partial charge in [0.1, 0.15) is 4.32 Å². The van der Waals surface area contributed by atoms with Gasteiger partial charge in [0, 0.05) is 17.1 Å². The number of amides is 1. The molecule has 1 amide bonds. The van der Waals surface area contributed by atoms with Gasteiger partial charge in [0.05, 0.1) is 17.9 Å². The van der Waals surface area contributed by atoms with Crippen LogP contribution in [0.4, 0.5) is 0 Å². The molecule has 0 spiro atoms. The first kappa shape index (κ1) is 14.1. The lowest BCUT2D eigenvalue weighted by Gasteiger charge is -2.04. The fourth-order valence-electron chi connectivity index (χ4n) is 2.33. The maximum absolute atomic E-state index is 11.7. The predicted molar refractivity (Wildman–Crippen MR) is 85.5 cm³/mol. The molecule has 1 fully saturated rings. The van der Waals surface area contributed by atoms with Crippen LogP contribution in [0.25, 0.3) is 10.9 Å². The molecule has 2 N–H and O–H groups in total. The number of thioether (sulfide) groups is 1. The molecule has 0 saturated carbocycles. The molecule has 2 heterocycles. The van der Waals surface area contributed by atoms with Crippen LogP contribution in [-0.4, -0.2) is 33.5 Å². The molecule has 108 valence electrons. The molecule has 1 saturated heterocycles. The summed E-state index contributed by atoms with van der Waals surface area (Å²) in [7, 11) is 1.35. The van der Waals surface area contributed by atoms with Crippen molar-refractivity contribution < 1.29 is 14.3 Å². The summed E-state index contributed by atoms with van der Waals surface area (Å²) in [6, 6.07) is 5.33. The first-order valence-electron chi connectivity index (χ1n) is 6.28. The molecule has 0 bridgehead atoms. The molecule has 1 atom stereocenters. The average Bonchev–Trinajstić information content (AvgIpc) is 3.01. The van der Waals surface area contributed by atoms with Crippen molar-refractivity contribution in [1.82, 2.24) is 10.3 Å². The van der Waals surface area contributed by atoms with Crippen molar-refractivity contribution in [2.24, 2.45) is 0 Å². The number of hydrogen-bond acceptors (Lipinski definition) is 5. The maximum atomic E-state index is 11.7. The number of aromatic amines is 1. The van der Waals surface area contributed by atoms with Crippen molar-refractivity contribution in [2.45, 2.75) is 11.7 Å². The van der Waals surface area contributed by atoms with Gasteiger partial charge in [-0.2, -0.15) is 0 Å². The monoisotopic (exact) mass is 320 g/mol. The molecule has 3 rings (SSSR count). The Morgan fingerprint density at radius 1 is 1.48 bits per heavy atom. The molecule has 1 aliphatic rings. The van der Waals surface area contributed by atoms with Crippen LogP contribution in [0, 0.1) is 0 Å². The van der Waals surface area contributed by atoms with Crippen LogP contribution in [0.3, 0.4) is 0 Å². The van der Waals surface area contributed by atoms with Crippen LogP contribution in [-0.2, 0) is 16.0 Å². The highest BCUT2D eigenvalue weighted by atomic mass is 32.2. The molecule has 1 aromatic heterocycles. The lowest BCUT2D eigenvalue weighted by molar-refractivity contribution is -0.118. The number of esters is 1. The van der Waals surface area contributed by atoms with Gasteiger partial charge in [-0.25, -0.2) is 4.79 Å². The summed E-state index contributed by atoms with van der Waals surface area (Å²) in [6.07, 6.45) is 2.45. The van der Waals surface area contributed by atoms with E-state index in [0.29, 0.717) is 16.3 Å². The van der Waals surface area contributed by atoms with Crippen molar-refractivity contribution >= 4 is 51.1 Å². The maximum Gasteiger partial charge on any atom is 0.337 e. The Kier molecular flexibility index (Phi) is 3.69. The van der Waals surface area contributed by atoms with E-state index >= 15 is 0 Å². The Labute approximate surface area is 130 Å². The minimum absolute atomic E-state index is 0.0504. The number of carbonyl (C=O) groups excluding carboxylic acids is 2. The summed E-state index contributed by atoms with van der Waals surface area (Å²) < 4.78 is 5.23. The van der Waals surface area contributed by atoms with E-state index in [2.05, 4.69) is 10.3 Å². The van der Waals surface area contributed by atoms with Crippen molar-refractivity contribution in [1.29, 1.82) is 0 Å². The average molecular weight is 320 g/mol. The molecule has 0 radical (unpaired) electrons. The molecule has 1 unspecified atom stereocenters. The number of hydrogen-bond donors (Lipinski definition) is 2. The van der Waals surface area contributed by atoms with Gasteiger partial charge < -0.3 is 15.0 Å². The number of benzene rings is 1. The molecule has 0 aliphatic carbocycles. The van der Waals surface area contributed by atoms with E-state index in [4.69, 9.17) is 17.0 Å². The van der Waals surface area contributed by atoms with Crippen molar-refractivity contribution in [3.8, 4) is 0 Å². The summed E-state index contributed by atoms with van der Waals surface area (Å²) in [5, 5.41) is 3.44. The molecular weight excluding hydrogens is 308 g/mol. The third-order valence-corrected chi connectivity index (χ3v) is 4.73. The third-order valence-electron chi connectivity index (χ3n) is 3.36. The van der Waals surface area contributed by atoms with Gasteiger partial charge in [-0.1, -0.05) is 30.0 Å². The zero-order chi connectivity index (χ0) is 15.0. The number of carbonyl (C=O) groups is 2. The summed E-state index contributed by atoms with van der Waals surface area (Å²) >= 11 is 6.37. The van der Waals surface area contributed by atoms with Gasteiger partial charge in [-0.15, -0.1) is 0 Å². The molecule has 2 aromatic rings. The number of nitrogens with one attached hydrogen (secondary N) is 2. The number of rotatable bonds is 3. The second-order valence-corrected chi connectivity index (χ2v) is 6.53. The standard InChI is InChI=1S/C14H12N2O3S2/c1-19-13(18)7-2-3-9-8(6-15-10(9)4-7)5-11-12(17)16-14(20)21-11/h2-4,6,11,15H,5H2,1H3,(H,16,17,20). The largest absolute Gasteiger partial charge is 0.465 e. The zero-order valence-electron chi connectivity index (χ0n) is 11.1. The Morgan fingerprint density at radius 3 is 2.95 bits per heavy atom. The van der Waals surface area contributed by atoms with Crippen LogP contribution in [0.1, 0.15) is 15.9 Å². The first-order valence-corrected chi connectivity index (χ1v) is 7.57. The first-order chi connectivity index (χ1) is 10.1. The molecule has 1 aliphatic heterocycles. The fourth-order valence-corrected chi connectivity index (χ4v) is 3.62. The molecule has 1 aromatic carbocycles. The zero-order valence-corrected chi connectivity index (χ0v) is 12.8. The lowest BCUT2D eigenvalue weighted by Crippen LogP contribution is -2.25. The Hall–Kier alpha value is -1.86. The van der Waals surface area contributed by atoms with Crippen LogP contribution < -0.4 is 5.32 Å². The SMILES string of the molecule is COC(=O)c1ccc2c(CC3SC(=S)NC3=O)c[nH]c2c1. The normalized spacial score (nSPS) is 18.0. The van der Waals surface area contributed by atoms with Crippen LogP contribution in [0.5, 0.6) is 0 Å². The lowest BCUT2D eigenvalue weighted by atomic mass is 10.1.